The fourth-order valence-electron chi connectivity index (χ4n) is 1.54. The van der Waals surface area contributed by atoms with Crippen LogP contribution in [0.25, 0.3) is 5.57 Å². The molecule has 0 aromatic heterocycles. The lowest BCUT2D eigenvalue weighted by atomic mass is 10.0. The van der Waals surface area contributed by atoms with Crippen LogP contribution in [-0.4, -0.2) is 29.4 Å². The number of carboxylic acids is 1. The molecule has 0 fully saturated rings. The maximum atomic E-state index is 10.6. The van der Waals surface area contributed by atoms with Gasteiger partial charge in [-0.15, -0.1) is 0 Å². The molecule has 92 valence electrons. The molecule has 0 heterocycles. The van der Waals surface area contributed by atoms with Crippen LogP contribution in [0, 0.1) is 6.92 Å². The number of aryl methyl sites for hydroxylation is 1. The highest BCUT2D eigenvalue weighted by Gasteiger charge is 2.06. The topological polar surface area (TPSA) is 66.8 Å². The van der Waals surface area contributed by atoms with Gasteiger partial charge in [-0.25, -0.2) is 4.79 Å². The maximum Gasteiger partial charge on any atom is 0.328 e. The Morgan fingerprint density at radius 1 is 1.47 bits per heavy atom. The predicted molar refractivity (Wildman–Crippen MR) is 65.0 cm³/mol. The Bertz CT molecular complexity index is 435. The number of rotatable bonds is 5. The molecule has 0 saturated heterocycles. The van der Waals surface area contributed by atoms with Crippen LogP contribution >= 0.6 is 0 Å². The summed E-state index contributed by atoms with van der Waals surface area (Å²) in [6.07, 6.45) is 1.01. The number of carbonyl (C=O) groups is 1. The van der Waals surface area contributed by atoms with Crippen molar-refractivity contribution in [3.05, 3.63) is 35.4 Å². The predicted octanol–water partition coefficient (Wildman–Crippen LogP) is 1.85. The van der Waals surface area contributed by atoms with Crippen LogP contribution in [0.4, 0.5) is 0 Å². The van der Waals surface area contributed by atoms with Gasteiger partial charge in [0.05, 0.1) is 13.2 Å². The molecule has 0 aliphatic rings. The van der Waals surface area contributed by atoms with Gasteiger partial charge < -0.3 is 14.9 Å². The molecule has 0 spiro atoms. The Labute approximate surface area is 100 Å². The summed E-state index contributed by atoms with van der Waals surface area (Å²) in [5.41, 5.74) is 1.98. The van der Waals surface area contributed by atoms with Gasteiger partial charge in [0, 0.05) is 6.08 Å². The van der Waals surface area contributed by atoms with E-state index in [4.69, 9.17) is 14.9 Å². The molecule has 0 amide bonds. The minimum atomic E-state index is -1.07. The van der Waals surface area contributed by atoms with Gasteiger partial charge in [0.2, 0.25) is 0 Å². The fourth-order valence-corrected chi connectivity index (χ4v) is 1.54. The standard InChI is InChI=1S/C13H16O4/c1-3-17-12-5-4-10(6-9(12)2)11(8-14)7-13(15)16/h4-7,14H,3,8H2,1-2H3,(H,15,16)/b11-7+. The van der Waals surface area contributed by atoms with Crippen LogP contribution in [0.15, 0.2) is 24.3 Å². The smallest absolute Gasteiger partial charge is 0.328 e. The van der Waals surface area contributed by atoms with Crippen molar-refractivity contribution in [1.82, 2.24) is 0 Å². The molecule has 4 heteroatoms. The van der Waals surface area contributed by atoms with Crippen molar-refractivity contribution in [2.75, 3.05) is 13.2 Å². The number of aliphatic hydroxyl groups is 1. The molecule has 0 saturated carbocycles. The Balaban J connectivity index is 3.07. The number of hydrogen-bond donors (Lipinski definition) is 2. The largest absolute Gasteiger partial charge is 0.494 e. The lowest BCUT2D eigenvalue weighted by Gasteiger charge is -2.10. The van der Waals surface area contributed by atoms with Crippen LogP contribution in [-0.2, 0) is 4.79 Å². The zero-order chi connectivity index (χ0) is 12.8. The second-order valence-electron chi connectivity index (χ2n) is 3.58. The van der Waals surface area contributed by atoms with Crippen LogP contribution < -0.4 is 4.74 Å². The zero-order valence-electron chi connectivity index (χ0n) is 9.93. The van der Waals surface area contributed by atoms with E-state index in [-0.39, 0.29) is 6.61 Å². The minimum Gasteiger partial charge on any atom is -0.494 e. The monoisotopic (exact) mass is 236 g/mol. The van der Waals surface area contributed by atoms with E-state index >= 15 is 0 Å². The van der Waals surface area contributed by atoms with Crippen molar-refractivity contribution in [3.8, 4) is 5.75 Å². The summed E-state index contributed by atoms with van der Waals surface area (Å²) in [7, 11) is 0. The Morgan fingerprint density at radius 2 is 2.18 bits per heavy atom. The second-order valence-corrected chi connectivity index (χ2v) is 3.58. The van der Waals surface area contributed by atoms with Crippen molar-refractivity contribution < 1.29 is 19.7 Å². The Kier molecular flexibility index (Phi) is 4.72. The molecule has 4 nitrogen and oxygen atoms in total. The molecule has 0 aliphatic heterocycles. The molecular formula is C13H16O4. The van der Waals surface area contributed by atoms with E-state index in [0.717, 1.165) is 17.4 Å². The zero-order valence-corrected chi connectivity index (χ0v) is 9.93. The van der Waals surface area contributed by atoms with Gasteiger partial charge in [-0.3, -0.25) is 0 Å². The van der Waals surface area contributed by atoms with Crippen molar-refractivity contribution in [2.45, 2.75) is 13.8 Å². The molecule has 1 rings (SSSR count). The van der Waals surface area contributed by atoms with E-state index in [2.05, 4.69) is 0 Å². The lowest BCUT2D eigenvalue weighted by Crippen LogP contribution is -1.99. The highest BCUT2D eigenvalue weighted by Crippen LogP contribution is 2.23. The summed E-state index contributed by atoms with van der Waals surface area (Å²) in [5, 5.41) is 17.8. The fraction of sp³-hybridized carbons (Fsp3) is 0.308. The first-order chi connectivity index (χ1) is 8.08. The van der Waals surface area contributed by atoms with Gasteiger partial charge in [0.25, 0.3) is 0 Å². The van der Waals surface area contributed by atoms with Crippen LogP contribution in [0.3, 0.4) is 0 Å². The molecular weight excluding hydrogens is 220 g/mol. The molecule has 1 aromatic rings. The van der Waals surface area contributed by atoms with Gasteiger partial charge in [0.1, 0.15) is 5.75 Å². The third-order valence-corrected chi connectivity index (χ3v) is 2.31. The van der Waals surface area contributed by atoms with Crippen molar-refractivity contribution in [3.63, 3.8) is 0 Å². The first-order valence-corrected chi connectivity index (χ1v) is 5.36. The second kappa shape index (κ2) is 6.06. The molecule has 0 atom stereocenters. The van der Waals surface area contributed by atoms with Gasteiger partial charge in [0.15, 0.2) is 0 Å². The third kappa shape index (κ3) is 3.60. The van der Waals surface area contributed by atoms with Gasteiger partial charge >= 0.3 is 5.97 Å². The summed E-state index contributed by atoms with van der Waals surface area (Å²) in [4.78, 5) is 10.6. The van der Waals surface area contributed by atoms with Gasteiger partial charge in [-0.2, -0.15) is 0 Å². The average molecular weight is 236 g/mol. The summed E-state index contributed by atoms with van der Waals surface area (Å²) in [5.74, 6) is -0.301. The SMILES string of the molecule is CCOc1ccc(/C(=C/C(=O)O)CO)cc1C. The maximum absolute atomic E-state index is 10.6. The summed E-state index contributed by atoms with van der Waals surface area (Å²) in [6.45, 7) is 4.05. The van der Waals surface area contributed by atoms with Crippen LogP contribution in [0.5, 0.6) is 5.75 Å². The van der Waals surface area contributed by atoms with Crippen molar-refractivity contribution >= 4 is 11.5 Å². The van der Waals surface area contributed by atoms with Crippen molar-refractivity contribution in [2.24, 2.45) is 0 Å². The molecule has 0 radical (unpaired) electrons. The summed E-state index contributed by atoms with van der Waals surface area (Å²) in [6, 6.07) is 5.32. The number of benzene rings is 1. The number of aliphatic carboxylic acids is 1. The molecule has 0 aliphatic carbocycles. The number of carboxylic acid groups (broad SMARTS) is 1. The first kappa shape index (κ1) is 13.3. The highest BCUT2D eigenvalue weighted by molar-refractivity contribution is 5.90. The normalized spacial score (nSPS) is 11.4. The number of ether oxygens (including phenoxy) is 1. The van der Waals surface area contributed by atoms with Gasteiger partial charge in [-0.1, -0.05) is 6.07 Å². The lowest BCUT2D eigenvalue weighted by molar-refractivity contribution is -0.131. The van der Waals surface area contributed by atoms with E-state index < -0.39 is 5.97 Å². The summed E-state index contributed by atoms with van der Waals surface area (Å²) >= 11 is 0. The Hall–Kier alpha value is -1.81. The molecule has 17 heavy (non-hydrogen) atoms. The number of hydrogen-bond acceptors (Lipinski definition) is 3. The van der Waals surface area contributed by atoms with Crippen molar-refractivity contribution in [1.29, 1.82) is 0 Å². The summed E-state index contributed by atoms with van der Waals surface area (Å²) < 4.78 is 5.39. The highest BCUT2D eigenvalue weighted by atomic mass is 16.5. The molecule has 0 bridgehead atoms. The first-order valence-electron chi connectivity index (χ1n) is 5.36. The average Bonchev–Trinajstić information content (AvgIpc) is 2.28. The van der Waals surface area contributed by atoms with E-state index in [9.17, 15) is 4.79 Å². The Morgan fingerprint density at radius 3 is 2.65 bits per heavy atom. The molecule has 2 N–H and O–H groups in total. The molecule has 0 unspecified atom stereocenters. The third-order valence-electron chi connectivity index (χ3n) is 2.31. The van der Waals surface area contributed by atoms with Crippen LogP contribution in [0.2, 0.25) is 0 Å². The van der Waals surface area contributed by atoms with Crippen LogP contribution in [0.1, 0.15) is 18.1 Å². The molecule has 1 aromatic carbocycles. The minimum absolute atomic E-state index is 0.306. The van der Waals surface area contributed by atoms with E-state index in [1.807, 2.05) is 13.8 Å². The van der Waals surface area contributed by atoms with Gasteiger partial charge in [-0.05, 0) is 42.7 Å². The quantitative estimate of drug-likeness (QED) is 0.766. The van der Waals surface area contributed by atoms with E-state index in [1.165, 1.54) is 0 Å². The van der Waals surface area contributed by atoms with E-state index in [1.54, 1.807) is 18.2 Å². The van der Waals surface area contributed by atoms with E-state index in [0.29, 0.717) is 17.7 Å². The number of aliphatic hydroxyl groups excluding tert-OH is 1.